The van der Waals surface area contributed by atoms with E-state index in [1.165, 1.54) is 0 Å². The predicted octanol–water partition coefficient (Wildman–Crippen LogP) is 0.165. The highest BCUT2D eigenvalue weighted by Crippen LogP contribution is 2.51. The summed E-state index contributed by atoms with van der Waals surface area (Å²) >= 11 is 0. The summed E-state index contributed by atoms with van der Waals surface area (Å²) in [7, 11) is 1.82. The van der Waals surface area contributed by atoms with Crippen LogP contribution in [-0.4, -0.2) is 49.2 Å². The summed E-state index contributed by atoms with van der Waals surface area (Å²) in [5.41, 5.74) is 1.01. The monoisotopic (exact) mass is 275 g/mol. The Balaban J connectivity index is 1.68. The molecule has 0 bridgehead atoms. The Morgan fingerprint density at radius 2 is 1.70 bits per heavy atom. The van der Waals surface area contributed by atoms with Crippen molar-refractivity contribution >= 4 is 18.6 Å². The molecule has 3 heterocycles. The molecule has 0 spiro atoms. The number of likely N-dealkylation sites (N-methyl/N-ethyl adjacent to an activating group) is 1. The zero-order valence-corrected chi connectivity index (χ0v) is 11.0. The third kappa shape index (κ3) is 1.42. The molecule has 20 heavy (non-hydrogen) atoms. The molecular formula is C13H14BNO5. The molecule has 2 unspecified atom stereocenters. The van der Waals surface area contributed by atoms with Crippen molar-refractivity contribution in [1.29, 1.82) is 0 Å². The minimum absolute atomic E-state index is 0.160. The lowest BCUT2D eigenvalue weighted by Crippen LogP contribution is -2.64. The molecule has 3 saturated heterocycles. The molecule has 0 aromatic heterocycles. The Morgan fingerprint density at radius 3 is 2.30 bits per heavy atom. The van der Waals surface area contributed by atoms with E-state index in [-0.39, 0.29) is 41.5 Å². The van der Waals surface area contributed by atoms with Crippen molar-refractivity contribution in [3.05, 3.63) is 35.9 Å². The number of carbonyl (C=O) groups excluding carboxylic acids is 2. The molecule has 104 valence electrons. The van der Waals surface area contributed by atoms with E-state index in [1.807, 2.05) is 37.4 Å². The summed E-state index contributed by atoms with van der Waals surface area (Å²) in [6.45, 7) is -1.77. The van der Waals surface area contributed by atoms with Gasteiger partial charge in [0.15, 0.2) is 0 Å². The average Bonchev–Trinajstić information content (AvgIpc) is 3.08. The molecule has 3 fully saturated rings. The van der Waals surface area contributed by atoms with Crippen molar-refractivity contribution in [2.75, 3.05) is 20.1 Å². The SMILES string of the molecule is C[N+]12CC(=O)O[B-]1(C1OC1c1ccccc1)OC(=O)C2. The first-order chi connectivity index (χ1) is 9.54. The van der Waals surface area contributed by atoms with E-state index in [0.717, 1.165) is 5.56 Å². The lowest BCUT2D eigenvalue weighted by molar-refractivity contribution is -0.794. The van der Waals surface area contributed by atoms with Crippen LogP contribution in [0.25, 0.3) is 0 Å². The first-order valence-corrected chi connectivity index (χ1v) is 6.67. The summed E-state index contributed by atoms with van der Waals surface area (Å²) in [5.74, 6) is -0.662. The number of hydrogen-bond donors (Lipinski definition) is 0. The number of ether oxygens (including phenoxy) is 1. The second kappa shape index (κ2) is 3.62. The normalized spacial score (nSPS) is 42.0. The average molecular weight is 275 g/mol. The van der Waals surface area contributed by atoms with Crippen LogP contribution >= 0.6 is 0 Å². The van der Waals surface area contributed by atoms with Crippen LogP contribution in [0.5, 0.6) is 0 Å². The van der Waals surface area contributed by atoms with Crippen molar-refractivity contribution in [2.45, 2.75) is 12.1 Å². The van der Waals surface area contributed by atoms with E-state index < -0.39 is 6.69 Å². The number of quaternary nitrogens is 1. The van der Waals surface area contributed by atoms with Gasteiger partial charge >= 0.3 is 18.6 Å². The third-order valence-corrected chi connectivity index (χ3v) is 4.52. The standard InChI is InChI=1S/C13H14BNO5/c1-15-7-10(16)19-14(15,20-11(17)8-15)13-12(18-13)9-5-3-2-4-6-9/h2-6,12-13H,7-8H2,1H3. The molecule has 3 aliphatic rings. The van der Waals surface area contributed by atoms with E-state index in [1.54, 1.807) is 0 Å². The Bertz CT molecular complexity index is 584. The lowest BCUT2D eigenvalue weighted by Gasteiger charge is -2.38. The van der Waals surface area contributed by atoms with Crippen molar-refractivity contribution in [2.24, 2.45) is 0 Å². The smallest absolute Gasteiger partial charge is 0.598 e. The maximum atomic E-state index is 11.7. The van der Waals surface area contributed by atoms with E-state index in [9.17, 15) is 9.59 Å². The fourth-order valence-corrected chi connectivity index (χ4v) is 3.47. The number of fused-ring (bicyclic) bond motifs is 1. The molecule has 0 N–H and O–H groups in total. The van der Waals surface area contributed by atoms with Crippen molar-refractivity contribution in [3.63, 3.8) is 0 Å². The molecule has 0 saturated carbocycles. The molecular weight excluding hydrogens is 261 g/mol. The van der Waals surface area contributed by atoms with Gasteiger partial charge in [-0.25, -0.2) is 0 Å². The molecule has 7 heteroatoms. The molecule has 4 rings (SSSR count). The third-order valence-electron chi connectivity index (χ3n) is 4.52. The molecule has 0 radical (unpaired) electrons. The van der Waals surface area contributed by atoms with Crippen molar-refractivity contribution < 1.29 is 28.0 Å². The van der Waals surface area contributed by atoms with Crippen LogP contribution in [0.1, 0.15) is 11.7 Å². The van der Waals surface area contributed by atoms with Gasteiger partial charge < -0.3 is 18.4 Å². The summed E-state index contributed by atoms with van der Waals surface area (Å²) in [5, 5.41) is 0. The van der Waals surface area contributed by atoms with Gasteiger partial charge in [0.05, 0.1) is 6.10 Å². The highest BCUT2D eigenvalue weighted by atomic mass is 16.7. The first-order valence-electron chi connectivity index (χ1n) is 6.67. The highest BCUT2D eigenvalue weighted by molar-refractivity contribution is 6.68. The quantitative estimate of drug-likeness (QED) is 0.568. The Labute approximate surface area is 115 Å². The molecule has 6 nitrogen and oxygen atoms in total. The predicted molar refractivity (Wildman–Crippen MR) is 67.9 cm³/mol. The molecule has 2 atom stereocenters. The lowest BCUT2D eigenvalue weighted by atomic mass is 9.62. The summed E-state index contributed by atoms with van der Waals surface area (Å²) in [4.78, 5) is 23.4. The maximum Gasteiger partial charge on any atom is 0.614 e. The Kier molecular flexibility index (Phi) is 2.16. The minimum Gasteiger partial charge on any atom is -0.598 e. The fraction of sp³-hybridized carbons (Fsp3) is 0.385. The number of carbonyl (C=O) groups is 2. The number of nitrogens with zero attached hydrogens (tertiary/aromatic N) is 1. The van der Waals surface area contributed by atoms with Gasteiger partial charge in [0, 0.05) is 7.05 Å². The van der Waals surface area contributed by atoms with Crippen LogP contribution < -0.4 is 0 Å². The van der Waals surface area contributed by atoms with Gasteiger partial charge in [-0.05, 0) is 5.56 Å². The second-order valence-corrected chi connectivity index (χ2v) is 5.94. The Hall–Kier alpha value is -1.86. The van der Waals surface area contributed by atoms with Gasteiger partial charge in [0.1, 0.15) is 19.1 Å². The molecule has 0 amide bonds. The Morgan fingerprint density at radius 1 is 1.10 bits per heavy atom. The summed E-state index contributed by atoms with van der Waals surface area (Å²) in [6.07, 6.45) is -0.176. The fourth-order valence-electron chi connectivity index (χ4n) is 3.47. The number of hydrogen-bond acceptors (Lipinski definition) is 5. The van der Waals surface area contributed by atoms with Gasteiger partial charge in [-0.1, -0.05) is 30.3 Å². The van der Waals surface area contributed by atoms with Gasteiger partial charge in [-0.3, -0.25) is 9.59 Å². The number of benzene rings is 1. The maximum absolute atomic E-state index is 11.7. The van der Waals surface area contributed by atoms with Crippen LogP contribution in [-0.2, 0) is 23.6 Å². The van der Waals surface area contributed by atoms with Crippen LogP contribution in [0.2, 0.25) is 0 Å². The molecule has 1 aromatic carbocycles. The van der Waals surface area contributed by atoms with Crippen LogP contribution in [0.3, 0.4) is 0 Å². The zero-order valence-electron chi connectivity index (χ0n) is 11.0. The van der Waals surface area contributed by atoms with Gasteiger partial charge in [-0.2, -0.15) is 0 Å². The van der Waals surface area contributed by atoms with Gasteiger partial charge in [-0.15, -0.1) is 0 Å². The van der Waals surface area contributed by atoms with E-state index in [2.05, 4.69) is 0 Å². The van der Waals surface area contributed by atoms with Crippen LogP contribution in [0, 0.1) is 0 Å². The van der Waals surface area contributed by atoms with E-state index in [0.29, 0.717) is 0 Å². The van der Waals surface area contributed by atoms with Crippen LogP contribution in [0.4, 0.5) is 0 Å². The minimum atomic E-state index is -2.09. The number of rotatable bonds is 2. The molecule has 1 aromatic rings. The van der Waals surface area contributed by atoms with Crippen molar-refractivity contribution in [3.8, 4) is 0 Å². The van der Waals surface area contributed by atoms with E-state index in [4.69, 9.17) is 14.0 Å². The van der Waals surface area contributed by atoms with E-state index >= 15 is 0 Å². The topological polar surface area (TPSA) is 65.1 Å². The summed E-state index contributed by atoms with van der Waals surface area (Å²) in [6, 6.07) is 9.31. The largest absolute Gasteiger partial charge is 0.614 e. The highest BCUT2D eigenvalue weighted by Gasteiger charge is 2.76. The molecule has 0 aliphatic carbocycles. The summed E-state index contributed by atoms with van der Waals surface area (Å²) < 4.78 is 16.8. The van der Waals surface area contributed by atoms with Gasteiger partial charge in [0.25, 0.3) is 0 Å². The zero-order chi connectivity index (χ0) is 14.0. The number of epoxide rings is 1. The van der Waals surface area contributed by atoms with Crippen molar-refractivity contribution in [1.82, 2.24) is 0 Å². The van der Waals surface area contributed by atoms with Gasteiger partial charge in [0.2, 0.25) is 0 Å². The first kappa shape index (κ1) is 11.9. The second-order valence-electron chi connectivity index (χ2n) is 5.94. The van der Waals surface area contributed by atoms with Crippen LogP contribution in [0.15, 0.2) is 30.3 Å². The molecule has 3 aliphatic heterocycles.